The van der Waals surface area contributed by atoms with Gasteiger partial charge in [-0.3, -0.25) is 4.79 Å². The zero-order valence-electron chi connectivity index (χ0n) is 12.9. The van der Waals surface area contributed by atoms with E-state index in [2.05, 4.69) is 10.5 Å². The fourth-order valence-electron chi connectivity index (χ4n) is 2.46. The van der Waals surface area contributed by atoms with Gasteiger partial charge in [0.2, 0.25) is 10.0 Å². The third kappa shape index (κ3) is 3.55. The number of rotatable bonds is 5. The summed E-state index contributed by atoms with van der Waals surface area (Å²) in [5.41, 5.74) is 2.58. The molecule has 1 aromatic heterocycles. The standard InChI is InChI=1S/C16H17N3O4S/c20-16(18-17-12-14-6-4-10-23-14)13-5-3-7-15(11-13)24(21,22)19-8-1-2-9-19/h3-7,10-12H,1-2,8-9H2,(H,18,20). The molecular weight excluding hydrogens is 330 g/mol. The molecule has 1 amide bonds. The summed E-state index contributed by atoms with van der Waals surface area (Å²) in [5, 5.41) is 3.78. The molecule has 1 aliphatic heterocycles. The molecule has 3 rings (SSSR count). The highest BCUT2D eigenvalue weighted by atomic mass is 32.2. The molecule has 1 aliphatic rings. The molecule has 126 valence electrons. The van der Waals surface area contributed by atoms with Crippen LogP contribution in [-0.4, -0.2) is 37.9 Å². The maximum Gasteiger partial charge on any atom is 0.271 e. The van der Waals surface area contributed by atoms with Crippen molar-refractivity contribution < 1.29 is 17.6 Å². The number of carbonyl (C=O) groups is 1. The van der Waals surface area contributed by atoms with Crippen molar-refractivity contribution in [2.24, 2.45) is 5.10 Å². The van der Waals surface area contributed by atoms with Crippen LogP contribution < -0.4 is 5.43 Å². The summed E-state index contributed by atoms with van der Waals surface area (Å²) in [6, 6.07) is 9.35. The molecule has 24 heavy (non-hydrogen) atoms. The highest BCUT2D eigenvalue weighted by molar-refractivity contribution is 7.89. The van der Waals surface area contributed by atoms with E-state index in [1.54, 1.807) is 24.3 Å². The Labute approximate surface area is 140 Å². The van der Waals surface area contributed by atoms with E-state index in [1.807, 2.05) is 0 Å². The Morgan fingerprint density at radius 2 is 2.00 bits per heavy atom. The van der Waals surface area contributed by atoms with Gasteiger partial charge in [0.1, 0.15) is 5.76 Å². The van der Waals surface area contributed by atoms with Crippen LogP contribution in [0.1, 0.15) is 29.0 Å². The van der Waals surface area contributed by atoms with Crippen LogP contribution in [0.3, 0.4) is 0 Å². The molecule has 1 fully saturated rings. The highest BCUT2D eigenvalue weighted by Gasteiger charge is 2.27. The minimum atomic E-state index is -3.55. The molecule has 8 heteroatoms. The zero-order chi connectivity index (χ0) is 17.0. The molecule has 2 aromatic rings. The average molecular weight is 347 g/mol. The van der Waals surface area contributed by atoms with Crippen molar-refractivity contribution in [3.8, 4) is 0 Å². The number of sulfonamides is 1. The van der Waals surface area contributed by atoms with Gasteiger partial charge in [-0.15, -0.1) is 0 Å². The van der Waals surface area contributed by atoms with E-state index in [9.17, 15) is 13.2 Å². The number of hydrazone groups is 1. The number of nitrogens with zero attached hydrogens (tertiary/aromatic N) is 2. The van der Waals surface area contributed by atoms with Crippen LogP contribution in [0.4, 0.5) is 0 Å². The lowest BCUT2D eigenvalue weighted by Gasteiger charge is -2.15. The van der Waals surface area contributed by atoms with Crippen molar-refractivity contribution in [1.82, 2.24) is 9.73 Å². The fraction of sp³-hybridized carbons (Fsp3) is 0.250. The van der Waals surface area contributed by atoms with Gasteiger partial charge in [-0.05, 0) is 43.2 Å². The summed E-state index contributed by atoms with van der Waals surface area (Å²) in [4.78, 5) is 12.2. The summed E-state index contributed by atoms with van der Waals surface area (Å²) >= 11 is 0. The third-order valence-electron chi connectivity index (χ3n) is 3.70. The minimum absolute atomic E-state index is 0.118. The quantitative estimate of drug-likeness (QED) is 0.660. The first kappa shape index (κ1) is 16.4. The van der Waals surface area contributed by atoms with Crippen LogP contribution in [0.5, 0.6) is 0 Å². The molecule has 1 N–H and O–H groups in total. The summed E-state index contributed by atoms with van der Waals surface area (Å²) in [6.07, 6.45) is 4.58. The van der Waals surface area contributed by atoms with E-state index in [0.717, 1.165) is 12.8 Å². The summed E-state index contributed by atoms with van der Waals surface area (Å²) in [7, 11) is -3.55. The second-order valence-electron chi connectivity index (χ2n) is 5.35. The molecule has 0 bridgehead atoms. The Kier molecular flexibility index (Phi) is 4.77. The van der Waals surface area contributed by atoms with Crippen LogP contribution in [0.15, 0.2) is 57.1 Å². The van der Waals surface area contributed by atoms with Gasteiger partial charge in [-0.1, -0.05) is 6.07 Å². The largest absolute Gasteiger partial charge is 0.463 e. The second kappa shape index (κ2) is 6.98. The van der Waals surface area contributed by atoms with Crippen molar-refractivity contribution in [2.45, 2.75) is 17.7 Å². The highest BCUT2D eigenvalue weighted by Crippen LogP contribution is 2.21. The first-order valence-corrected chi connectivity index (χ1v) is 8.98. The summed E-state index contributed by atoms with van der Waals surface area (Å²) in [5.74, 6) is 0.0111. The SMILES string of the molecule is O=C(NN=Cc1ccco1)c1cccc(S(=O)(=O)N2CCCC2)c1. The Morgan fingerprint density at radius 1 is 1.21 bits per heavy atom. The van der Waals surface area contributed by atoms with Gasteiger partial charge >= 0.3 is 0 Å². The summed E-state index contributed by atoms with van der Waals surface area (Å²) in [6.45, 7) is 1.04. The normalized spacial score (nSPS) is 15.8. The lowest BCUT2D eigenvalue weighted by molar-refractivity contribution is 0.0955. The number of carbonyl (C=O) groups excluding carboxylic acids is 1. The Bertz CT molecular complexity index is 838. The molecule has 0 spiro atoms. The molecule has 0 radical (unpaired) electrons. The van der Waals surface area contributed by atoms with Crippen LogP contribution in [0.25, 0.3) is 0 Å². The summed E-state index contributed by atoms with van der Waals surface area (Å²) < 4.78 is 31.6. The number of nitrogens with one attached hydrogen (secondary N) is 1. The van der Waals surface area contributed by atoms with Gasteiger partial charge in [0.05, 0.1) is 17.4 Å². The van der Waals surface area contributed by atoms with E-state index in [0.29, 0.717) is 18.8 Å². The molecule has 0 unspecified atom stereocenters. The van der Waals surface area contributed by atoms with Crippen molar-refractivity contribution in [2.75, 3.05) is 13.1 Å². The predicted molar refractivity (Wildman–Crippen MR) is 88.2 cm³/mol. The topological polar surface area (TPSA) is 92.0 Å². The van der Waals surface area contributed by atoms with Gasteiger partial charge in [0, 0.05) is 18.7 Å². The maximum atomic E-state index is 12.5. The van der Waals surface area contributed by atoms with Crippen molar-refractivity contribution in [3.05, 3.63) is 54.0 Å². The molecule has 0 saturated carbocycles. The van der Waals surface area contributed by atoms with Crippen molar-refractivity contribution in [3.63, 3.8) is 0 Å². The van der Waals surface area contributed by atoms with Gasteiger partial charge in [-0.25, -0.2) is 13.8 Å². The monoisotopic (exact) mass is 347 g/mol. The molecule has 1 saturated heterocycles. The van der Waals surface area contributed by atoms with Crippen molar-refractivity contribution >= 4 is 22.1 Å². The van der Waals surface area contributed by atoms with Gasteiger partial charge in [0.15, 0.2) is 0 Å². The maximum absolute atomic E-state index is 12.5. The zero-order valence-corrected chi connectivity index (χ0v) is 13.7. The van der Waals surface area contributed by atoms with E-state index < -0.39 is 15.9 Å². The van der Waals surface area contributed by atoms with E-state index in [1.165, 1.54) is 28.9 Å². The van der Waals surface area contributed by atoms with Crippen LogP contribution >= 0.6 is 0 Å². The van der Waals surface area contributed by atoms with E-state index in [4.69, 9.17) is 4.42 Å². The van der Waals surface area contributed by atoms with Gasteiger partial charge in [-0.2, -0.15) is 9.41 Å². The number of furan rings is 1. The number of hydrogen-bond donors (Lipinski definition) is 1. The molecule has 2 heterocycles. The third-order valence-corrected chi connectivity index (χ3v) is 5.59. The number of benzene rings is 1. The Hall–Kier alpha value is -2.45. The molecule has 0 atom stereocenters. The molecule has 7 nitrogen and oxygen atoms in total. The van der Waals surface area contributed by atoms with Gasteiger partial charge < -0.3 is 4.42 Å². The number of amides is 1. The van der Waals surface area contributed by atoms with Crippen molar-refractivity contribution in [1.29, 1.82) is 0 Å². The van der Waals surface area contributed by atoms with E-state index in [-0.39, 0.29) is 10.5 Å². The van der Waals surface area contributed by atoms with Crippen LogP contribution in [0, 0.1) is 0 Å². The average Bonchev–Trinajstić information content (AvgIpc) is 3.29. The second-order valence-corrected chi connectivity index (χ2v) is 7.29. The minimum Gasteiger partial charge on any atom is -0.463 e. The first-order valence-electron chi connectivity index (χ1n) is 7.54. The lowest BCUT2D eigenvalue weighted by atomic mass is 10.2. The molecule has 1 aromatic carbocycles. The fourth-order valence-corrected chi connectivity index (χ4v) is 4.02. The smallest absolute Gasteiger partial charge is 0.271 e. The Balaban J connectivity index is 1.73. The van der Waals surface area contributed by atoms with Crippen LogP contribution in [-0.2, 0) is 10.0 Å². The predicted octanol–water partition coefficient (Wildman–Crippen LogP) is 1.83. The molecule has 0 aliphatic carbocycles. The number of hydrogen-bond acceptors (Lipinski definition) is 5. The van der Waals surface area contributed by atoms with Gasteiger partial charge in [0.25, 0.3) is 5.91 Å². The van der Waals surface area contributed by atoms with E-state index >= 15 is 0 Å². The lowest BCUT2D eigenvalue weighted by Crippen LogP contribution is -2.28. The van der Waals surface area contributed by atoms with Crippen LogP contribution in [0.2, 0.25) is 0 Å². The molecular formula is C16H17N3O4S. The Morgan fingerprint density at radius 3 is 2.71 bits per heavy atom. The first-order chi connectivity index (χ1) is 11.6.